The van der Waals surface area contributed by atoms with Gasteiger partial charge in [0, 0.05) is 64.5 Å². The molecule has 3 aromatic heterocycles. The van der Waals surface area contributed by atoms with Crippen molar-refractivity contribution in [3.05, 3.63) is 271 Å². The average Bonchev–Trinajstić information content (AvgIpc) is 4.19. The Bertz CT molecular complexity index is 4540. The van der Waals surface area contributed by atoms with E-state index in [0.717, 1.165) is 22.7 Å². The van der Waals surface area contributed by atoms with Crippen molar-refractivity contribution < 1.29 is 0 Å². The second-order valence-corrected chi connectivity index (χ2v) is 21.2. The van der Waals surface area contributed by atoms with Crippen LogP contribution in [0, 0.1) is 0 Å². The molecular weight excluding hydrogens is 911 g/mol. The van der Waals surface area contributed by atoms with Gasteiger partial charge in [-0.1, -0.05) is 164 Å². The zero-order valence-corrected chi connectivity index (χ0v) is 40.5. The van der Waals surface area contributed by atoms with Gasteiger partial charge < -0.3 is 14.4 Å². The van der Waals surface area contributed by atoms with Crippen LogP contribution in [-0.4, -0.2) is 4.57 Å². The summed E-state index contributed by atoms with van der Waals surface area (Å²) in [5, 5.41) is 7.69. The normalized spacial score (nSPS) is 14.4. The monoisotopic (exact) mass is 951 g/mol. The molecule has 14 aromatic rings. The van der Waals surface area contributed by atoms with Crippen molar-refractivity contribution in [2.45, 2.75) is 5.41 Å². The van der Waals surface area contributed by atoms with Crippen molar-refractivity contribution in [3.63, 3.8) is 0 Å². The molecule has 16 rings (SSSR count). The van der Waals surface area contributed by atoms with E-state index in [1.54, 1.807) is 0 Å². The molecule has 336 valence electrons. The highest BCUT2D eigenvalue weighted by molar-refractivity contribution is 7.26. The third-order valence-electron chi connectivity index (χ3n) is 15.5. The first-order chi connectivity index (χ1) is 35.7. The minimum atomic E-state index is -0.658. The Morgan fingerprint density at radius 1 is 0.319 bits per heavy atom. The maximum absolute atomic E-state index is 2.54. The number of hydrogen-bond acceptors (Lipinski definition) is 4. The zero-order chi connectivity index (χ0) is 47.1. The van der Waals surface area contributed by atoms with Crippen LogP contribution < -0.4 is 9.80 Å². The summed E-state index contributed by atoms with van der Waals surface area (Å²) >= 11 is 3.75. The zero-order valence-electron chi connectivity index (χ0n) is 38.8. The molecule has 0 saturated heterocycles. The van der Waals surface area contributed by atoms with Gasteiger partial charge in [0.1, 0.15) is 0 Å². The predicted octanol–water partition coefficient (Wildman–Crippen LogP) is 19.1. The molecule has 0 amide bonds. The van der Waals surface area contributed by atoms with Gasteiger partial charge in [-0.3, -0.25) is 0 Å². The van der Waals surface area contributed by atoms with E-state index in [1.807, 2.05) is 22.7 Å². The number of hydrogen-bond donors (Lipinski definition) is 0. The molecule has 2 aliphatic rings. The van der Waals surface area contributed by atoms with Crippen LogP contribution in [0.3, 0.4) is 0 Å². The summed E-state index contributed by atoms with van der Waals surface area (Å²) in [5.41, 5.74) is 17.5. The van der Waals surface area contributed by atoms with Gasteiger partial charge in [0.25, 0.3) is 0 Å². The lowest BCUT2D eigenvalue weighted by Crippen LogP contribution is -2.33. The number of fused-ring (bicyclic) bond motifs is 18. The highest BCUT2D eigenvalue weighted by Gasteiger charge is 2.51. The largest absolute Gasteiger partial charge is 0.309 e. The van der Waals surface area contributed by atoms with Gasteiger partial charge in [-0.2, -0.15) is 0 Å². The molecule has 11 aromatic carbocycles. The highest BCUT2D eigenvalue weighted by Crippen LogP contribution is 2.63. The summed E-state index contributed by atoms with van der Waals surface area (Å²) in [7, 11) is 0. The van der Waals surface area contributed by atoms with Gasteiger partial charge in [-0.15, -0.1) is 22.7 Å². The fraction of sp³-hybridized carbons (Fsp3) is 0.0149. The van der Waals surface area contributed by atoms with Crippen molar-refractivity contribution in [2.75, 3.05) is 9.80 Å². The van der Waals surface area contributed by atoms with E-state index in [1.165, 1.54) is 113 Å². The summed E-state index contributed by atoms with van der Waals surface area (Å²) in [6.45, 7) is 0. The van der Waals surface area contributed by atoms with E-state index in [0.29, 0.717) is 0 Å². The van der Waals surface area contributed by atoms with Gasteiger partial charge in [0.2, 0.25) is 0 Å². The van der Waals surface area contributed by atoms with E-state index in [4.69, 9.17) is 0 Å². The maximum atomic E-state index is 2.54. The van der Waals surface area contributed by atoms with Crippen molar-refractivity contribution in [3.8, 4) is 16.8 Å². The Hall–Kier alpha value is -8.74. The number of thiophene rings is 2. The van der Waals surface area contributed by atoms with Crippen LogP contribution in [0.15, 0.2) is 249 Å². The Labute approximate surface area is 423 Å². The van der Waals surface area contributed by atoms with Gasteiger partial charge in [0.15, 0.2) is 0 Å². The van der Waals surface area contributed by atoms with Gasteiger partial charge in [-0.25, -0.2) is 0 Å². The predicted molar refractivity (Wildman–Crippen MR) is 307 cm³/mol. The molecule has 0 N–H and O–H groups in total. The molecule has 1 unspecified atom stereocenters. The summed E-state index contributed by atoms with van der Waals surface area (Å²) in [6, 6.07) is 93.0. The number of nitrogens with zero attached hydrogens (tertiary/aromatic N) is 3. The second-order valence-electron chi connectivity index (χ2n) is 19.1. The number of para-hydroxylation sites is 5. The molecule has 0 saturated carbocycles. The van der Waals surface area contributed by atoms with Gasteiger partial charge in [0.05, 0.1) is 42.9 Å². The van der Waals surface area contributed by atoms with Gasteiger partial charge >= 0.3 is 0 Å². The minimum Gasteiger partial charge on any atom is -0.309 e. The van der Waals surface area contributed by atoms with Crippen molar-refractivity contribution in [2.24, 2.45) is 0 Å². The van der Waals surface area contributed by atoms with Crippen LogP contribution in [0.5, 0.6) is 0 Å². The lowest BCUT2D eigenvalue weighted by atomic mass is 9.65. The average molecular weight is 952 g/mol. The molecule has 0 radical (unpaired) electrons. The van der Waals surface area contributed by atoms with Crippen molar-refractivity contribution in [1.29, 1.82) is 0 Å². The third-order valence-corrected chi connectivity index (χ3v) is 18.0. The fourth-order valence-electron chi connectivity index (χ4n) is 12.7. The van der Waals surface area contributed by atoms with Crippen LogP contribution in [-0.2, 0) is 5.41 Å². The van der Waals surface area contributed by atoms with Gasteiger partial charge in [-0.05, 0) is 118 Å². The Morgan fingerprint density at radius 2 is 0.833 bits per heavy atom. The van der Waals surface area contributed by atoms with E-state index in [-0.39, 0.29) is 0 Å². The summed E-state index contributed by atoms with van der Waals surface area (Å²) < 4.78 is 7.68. The van der Waals surface area contributed by atoms with Crippen LogP contribution >= 0.6 is 22.7 Å². The van der Waals surface area contributed by atoms with Crippen LogP contribution in [0.25, 0.3) is 79.0 Å². The Morgan fingerprint density at radius 3 is 1.51 bits per heavy atom. The third kappa shape index (κ3) is 5.38. The quantitative estimate of drug-likeness (QED) is 0.165. The minimum absolute atomic E-state index is 0.658. The Balaban J connectivity index is 1.01. The molecule has 4 heterocycles. The molecule has 1 spiro atoms. The molecule has 3 nitrogen and oxygen atoms in total. The summed E-state index contributed by atoms with van der Waals surface area (Å²) in [4.78, 5) is 4.97. The number of aromatic nitrogens is 1. The number of benzene rings is 11. The maximum Gasteiger partial charge on any atom is 0.0755 e. The first-order valence-electron chi connectivity index (χ1n) is 24.7. The van der Waals surface area contributed by atoms with E-state index in [9.17, 15) is 0 Å². The number of rotatable bonds is 6. The molecule has 0 fully saturated rings. The van der Waals surface area contributed by atoms with E-state index >= 15 is 0 Å². The van der Waals surface area contributed by atoms with Crippen LogP contribution in [0.1, 0.15) is 22.3 Å². The lowest BCUT2D eigenvalue weighted by Gasteiger charge is -2.40. The van der Waals surface area contributed by atoms with Crippen molar-refractivity contribution >= 4 is 119 Å². The topological polar surface area (TPSA) is 11.4 Å². The van der Waals surface area contributed by atoms with Crippen LogP contribution in [0.2, 0.25) is 0 Å². The van der Waals surface area contributed by atoms with E-state index in [2.05, 4.69) is 263 Å². The summed E-state index contributed by atoms with van der Waals surface area (Å²) in [6.07, 6.45) is 0. The highest BCUT2D eigenvalue weighted by atomic mass is 32.1. The molecular formula is C67H41N3S2. The molecule has 5 heteroatoms. The molecule has 0 bridgehead atoms. The summed E-state index contributed by atoms with van der Waals surface area (Å²) in [5.74, 6) is 0. The standard InChI is InChI=1S/C67H41N3S2/c1-3-18-42(19-4-1)68(60-32-16-26-51-48-23-8-13-34-62(48)71-65(51)60)44-37-39-54-53(40-44)46-38-36-45(69(43-20-5-2-6-21-43)61-33-17-27-52-49-24-9-14-35-63(49)72-66(52)61)41-57(46)67(54)55-28-10-12-31-59(55)70-58-30-11-7-22-47(58)50-25-15-29-56(67)64(50)70/h1-41H. The fourth-order valence-corrected chi connectivity index (χ4v) is 15.1. The Kier molecular flexibility index (Phi) is 8.41. The van der Waals surface area contributed by atoms with Crippen molar-refractivity contribution in [1.82, 2.24) is 4.57 Å². The molecule has 72 heavy (non-hydrogen) atoms. The first-order valence-corrected chi connectivity index (χ1v) is 26.3. The first kappa shape index (κ1) is 40.0. The molecule has 1 aliphatic carbocycles. The second kappa shape index (κ2) is 15.1. The molecule has 1 aliphatic heterocycles. The SMILES string of the molecule is c1ccc(N(c2ccc3c(c2)-c2ccc(N(c4ccccc4)c4cccc5c4sc4ccccc45)cc2C32c3ccccc3-n3c4ccccc4c4cccc2c43)c2cccc3c2sc2ccccc23)cc1. The smallest absolute Gasteiger partial charge is 0.0755 e. The van der Waals surface area contributed by atoms with E-state index < -0.39 is 5.41 Å². The van der Waals surface area contributed by atoms with Crippen LogP contribution in [0.4, 0.5) is 34.1 Å². The number of anilines is 6. The lowest BCUT2D eigenvalue weighted by molar-refractivity contribution is 0.748. The molecule has 1 atom stereocenters.